The molecule has 0 saturated carbocycles. The molecule has 3 aromatic rings. The molecular formula is C22H24N4O7S3. The van der Waals surface area contributed by atoms with E-state index in [1.54, 1.807) is 13.0 Å². The van der Waals surface area contributed by atoms with Gasteiger partial charge in [0.2, 0.25) is 10.0 Å². The van der Waals surface area contributed by atoms with E-state index >= 15 is 0 Å². The Balaban J connectivity index is 1.43. The largest absolute Gasteiger partial charge is 0.450 e. The van der Waals surface area contributed by atoms with Crippen LogP contribution < -0.4 is 5.32 Å². The highest BCUT2D eigenvalue weighted by Crippen LogP contribution is 2.28. The zero-order valence-electron chi connectivity index (χ0n) is 19.5. The molecule has 0 radical (unpaired) electrons. The van der Waals surface area contributed by atoms with Crippen LogP contribution >= 0.6 is 11.3 Å². The Morgan fingerprint density at radius 1 is 1.00 bits per heavy atom. The fourth-order valence-corrected chi connectivity index (χ4v) is 6.66. The molecule has 2 amide bonds. The zero-order valence-corrected chi connectivity index (χ0v) is 22.0. The Morgan fingerprint density at radius 2 is 1.64 bits per heavy atom. The number of nitrogens with one attached hydrogen (secondary N) is 1. The molecule has 1 aromatic heterocycles. The van der Waals surface area contributed by atoms with Gasteiger partial charge in [-0.3, -0.25) is 10.1 Å². The van der Waals surface area contributed by atoms with Crippen LogP contribution in [0.5, 0.6) is 0 Å². The molecule has 192 valence electrons. The van der Waals surface area contributed by atoms with E-state index in [4.69, 9.17) is 4.74 Å². The highest BCUT2D eigenvalue weighted by molar-refractivity contribution is 7.90. The smallest absolute Gasteiger partial charge is 0.409 e. The second-order valence-electron chi connectivity index (χ2n) is 7.99. The van der Waals surface area contributed by atoms with Crippen LogP contribution in [0.4, 0.5) is 9.93 Å². The van der Waals surface area contributed by atoms with Gasteiger partial charge in [-0.1, -0.05) is 11.3 Å². The van der Waals surface area contributed by atoms with Gasteiger partial charge in [-0.25, -0.2) is 26.6 Å². The van der Waals surface area contributed by atoms with Crippen LogP contribution in [0.25, 0.3) is 10.2 Å². The second kappa shape index (κ2) is 10.1. The number of sulfone groups is 1. The summed E-state index contributed by atoms with van der Waals surface area (Å²) in [6.07, 6.45) is 0.652. The van der Waals surface area contributed by atoms with E-state index in [1.807, 2.05) is 0 Å². The first-order valence-corrected chi connectivity index (χ1v) is 15.1. The summed E-state index contributed by atoms with van der Waals surface area (Å²) in [5, 5.41) is 2.95. The van der Waals surface area contributed by atoms with Crippen LogP contribution in [-0.2, 0) is 24.6 Å². The molecule has 1 aliphatic rings. The van der Waals surface area contributed by atoms with Gasteiger partial charge in [-0.05, 0) is 49.4 Å². The van der Waals surface area contributed by atoms with E-state index in [0.717, 1.165) is 17.6 Å². The van der Waals surface area contributed by atoms with Gasteiger partial charge >= 0.3 is 6.09 Å². The SMILES string of the molecule is CCOC(=O)N1CCN(S(=O)(=O)c2ccc(C(=O)Nc3nc4ccc(S(C)(=O)=O)cc4s3)cc2)CC1. The van der Waals surface area contributed by atoms with Crippen molar-refractivity contribution in [3.8, 4) is 0 Å². The van der Waals surface area contributed by atoms with Crippen LogP contribution in [0.2, 0.25) is 0 Å². The monoisotopic (exact) mass is 552 g/mol. The van der Waals surface area contributed by atoms with Gasteiger partial charge in [0.05, 0.1) is 26.6 Å². The number of sulfonamides is 1. The fraction of sp³-hybridized carbons (Fsp3) is 0.318. The topological polar surface area (TPSA) is 143 Å². The molecule has 0 atom stereocenters. The van der Waals surface area contributed by atoms with Crippen molar-refractivity contribution in [3.05, 3.63) is 48.0 Å². The van der Waals surface area contributed by atoms with Crippen LogP contribution in [0, 0.1) is 0 Å². The molecule has 2 heterocycles. The molecule has 0 unspecified atom stereocenters. The van der Waals surface area contributed by atoms with E-state index < -0.39 is 31.9 Å². The van der Waals surface area contributed by atoms with Gasteiger partial charge in [0.15, 0.2) is 15.0 Å². The average Bonchev–Trinajstić information content (AvgIpc) is 3.25. The summed E-state index contributed by atoms with van der Waals surface area (Å²) in [5.41, 5.74) is 0.782. The van der Waals surface area contributed by atoms with E-state index in [-0.39, 0.29) is 53.3 Å². The number of anilines is 1. The number of piperazine rings is 1. The lowest BCUT2D eigenvalue weighted by atomic mass is 10.2. The number of nitrogens with zero attached hydrogens (tertiary/aromatic N) is 3. The summed E-state index contributed by atoms with van der Waals surface area (Å²) in [6, 6.07) is 10.1. The van der Waals surface area contributed by atoms with Crippen molar-refractivity contribution in [1.29, 1.82) is 0 Å². The van der Waals surface area contributed by atoms with Gasteiger partial charge in [0.1, 0.15) is 0 Å². The van der Waals surface area contributed by atoms with Gasteiger partial charge in [0.25, 0.3) is 5.91 Å². The van der Waals surface area contributed by atoms with E-state index in [2.05, 4.69) is 10.3 Å². The summed E-state index contributed by atoms with van der Waals surface area (Å²) >= 11 is 1.13. The maximum Gasteiger partial charge on any atom is 0.409 e. The van der Waals surface area contributed by atoms with Crippen molar-refractivity contribution in [2.75, 3.05) is 44.4 Å². The average molecular weight is 553 g/mol. The van der Waals surface area contributed by atoms with Crippen molar-refractivity contribution in [1.82, 2.24) is 14.2 Å². The molecule has 1 saturated heterocycles. The van der Waals surface area contributed by atoms with Crippen LogP contribution in [0.3, 0.4) is 0 Å². The first-order valence-electron chi connectivity index (χ1n) is 10.9. The minimum Gasteiger partial charge on any atom is -0.450 e. The Bertz CT molecular complexity index is 1510. The normalized spacial score (nSPS) is 15.1. The van der Waals surface area contributed by atoms with Gasteiger partial charge in [0, 0.05) is 38.0 Å². The number of thiazole rings is 1. The number of carbonyl (C=O) groups excluding carboxylic acids is 2. The van der Waals surface area contributed by atoms with Crippen LogP contribution in [-0.4, -0.2) is 82.1 Å². The summed E-state index contributed by atoms with van der Waals surface area (Å²) in [4.78, 5) is 30.5. The number of hydrogen-bond acceptors (Lipinski definition) is 9. The maximum atomic E-state index is 13.0. The van der Waals surface area contributed by atoms with Crippen molar-refractivity contribution < 1.29 is 31.2 Å². The molecule has 0 bridgehead atoms. The summed E-state index contributed by atoms with van der Waals surface area (Å²) < 4.78 is 56.4. The highest BCUT2D eigenvalue weighted by Gasteiger charge is 2.30. The number of carbonyl (C=O) groups is 2. The molecule has 4 rings (SSSR count). The molecule has 1 aliphatic heterocycles. The minimum atomic E-state index is -3.79. The quantitative estimate of drug-likeness (QED) is 0.491. The lowest BCUT2D eigenvalue weighted by Crippen LogP contribution is -2.50. The van der Waals surface area contributed by atoms with Gasteiger partial charge in [-0.2, -0.15) is 4.31 Å². The standard InChI is InChI=1S/C22H24N4O7S3/c1-3-33-22(28)25-10-12-26(13-11-25)36(31,32)16-6-4-15(5-7-16)20(27)24-21-23-18-9-8-17(35(2,29)30)14-19(18)34-21/h4-9,14H,3,10-13H2,1-2H3,(H,23,24,27). The molecule has 14 heteroatoms. The number of rotatable bonds is 6. The van der Waals surface area contributed by atoms with E-state index in [1.165, 1.54) is 45.6 Å². The first-order chi connectivity index (χ1) is 17.0. The van der Waals surface area contributed by atoms with Crippen molar-refractivity contribution >= 4 is 58.5 Å². The molecule has 11 nitrogen and oxygen atoms in total. The molecule has 36 heavy (non-hydrogen) atoms. The summed E-state index contributed by atoms with van der Waals surface area (Å²) in [7, 11) is -7.16. The second-order valence-corrected chi connectivity index (χ2v) is 13.0. The number of hydrogen-bond donors (Lipinski definition) is 1. The van der Waals surface area contributed by atoms with Crippen LogP contribution in [0.15, 0.2) is 52.3 Å². The Labute approximate surface area is 212 Å². The summed E-state index contributed by atoms with van der Waals surface area (Å²) in [5.74, 6) is -0.482. The van der Waals surface area contributed by atoms with Crippen molar-refractivity contribution in [2.45, 2.75) is 16.7 Å². The molecule has 1 N–H and O–H groups in total. The third-order valence-electron chi connectivity index (χ3n) is 5.53. The predicted octanol–water partition coefficient (Wildman–Crippen LogP) is 2.41. The van der Waals surface area contributed by atoms with E-state index in [9.17, 15) is 26.4 Å². The predicted molar refractivity (Wildman–Crippen MR) is 134 cm³/mol. The van der Waals surface area contributed by atoms with Crippen molar-refractivity contribution in [3.63, 3.8) is 0 Å². The minimum absolute atomic E-state index is 0.0388. The molecular weight excluding hydrogens is 528 g/mol. The Kier molecular flexibility index (Phi) is 7.31. The lowest BCUT2D eigenvalue weighted by molar-refractivity contribution is 0.0933. The van der Waals surface area contributed by atoms with E-state index in [0.29, 0.717) is 10.2 Å². The van der Waals surface area contributed by atoms with Gasteiger partial charge < -0.3 is 9.64 Å². The Morgan fingerprint density at radius 3 is 2.25 bits per heavy atom. The highest BCUT2D eigenvalue weighted by atomic mass is 32.2. The number of amides is 2. The Hall–Kier alpha value is -3.07. The number of aromatic nitrogens is 1. The molecule has 0 spiro atoms. The maximum absolute atomic E-state index is 13.0. The summed E-state index contributed by atoms with van der Waals surface area (Å²) in [6.45, 7) is 2.70. The number of fused-ring (bicyclic) bond motifs is 1. The third-order valence-corrected chi connectivity index (χ3v) is 9.48. The number of benzene rings is 2. The lowest BCUT2D eigenvalue weighted by Gasteiger charge is -2.33. The first kappa shape index (κ1) is 26.0. The third kappa shape index (κ3) is 5.51. The van der Waals surface area contributed by atoms with Gasteiger partial charge in [-0.15, -0.1) is 0 Å². The molecule has 2 aromatic carbocycles. The zero-order chi connectivity index (χ0) is 26.1. The number of ether oxygens (including phenoxy) is 1. The fourth-order valence-electron chi connectivity index (χ4n) is 3.61. The molecule has 1 fully saturated rings. The van der Waals surface area contributed by atoms with Crippen molar-refractivity contribution in [2.24, 2.45) is 0 Å². The van der Waals surface area contributed by atoms with Crippen LogP contribution in [0.1, 0.15) is 17.3 Å². The molecule has 0 aliphatic carbocycles.